The van der Waals surface area contributed by atoms with Crippen molar-refractivity contribution in [3.8, 4) is 0 Å². The number of piperidine rings is 1. The van der Waals surface area contributed by atoms with Crippen LogP contribution in [0.2, 0.25) is 0 Å². The quantitative estimate of drug-likeness (QED) is 0.184. The number of benzene rings is 2. The number of nitrogens with zero attached hydrogens (tertiary/aromatic N) is 8. The first kappa shape index (κ1) is 33.2. The summed E-state index contributed by atoms with van der Waals surface area (Å²) in [7, 11) is 0. The normalized spacial score (nSPS) is 16.3. The van der Waals surface area contributed by atoms with Gasteiger partial charge in [0.1, 0.15) is 0 Å². The van der Waals surface area contributed by atoms with Crippen molar-refractivity contribution in [1.82, 2.24) is 34.9 Å². The summed E-state index contributed by atoms with van der Waals surface area (Å²) in [6.45, 7) is 7.95. The van der Waals surface area contributed by atoms with Crippen LogP contribution in [0.4, 0.5) is 5.69 Å². The van der Waals surface area contributed by atoms with Crippen molar-refractivity contribution >= 4 is 46.1 Å². The Hall–Kier alpha value is -4.18. The van der Waals surface area contributed by atoms with Crippen molar-refractivity contribution in [2.24, 2.45) is 0 Å². The first-order valence-electron chi connectivity index (χ1n) is 15.4. The zero-order valence-corrected chi connectivity index (χ0v) is 28.1. The fraction of sp³-hybridized carbons (Fsp3) is 0.406. The molecule has 2 aliphatic rings. The Bertz CT molecular complexity index is 1620. The lowest BCUT2D eigenvalue weighted by molar-refractivity contribution is -0.127. The minimum Gasteiger partial charge on any atom is -0.461 e. The van der Waals surface area contributed by atoms with Crippen LogP contribution in [0.1, 0.15) is 65.2 Å². The smallest absolute Gasteiger partial charge is 0.360 e. The monoisotopic (exact) mass is 740 g/mol. The minimum atomic E-state index is -0.468. The van der Waals surface area contributed by atoms with Gasteiger partial charge in [-0.1, -0.05) is 41.1 Å². The van der Waals surface area contributed by atoms with Crippen molar-refractivity contribution in [3.63, 3.8) is 0 Å². The van der Waals surface area contributed by atoms with Gasteiger partial charge in [-0.3, -0.25) is 9.69 Å². The van der Waals surface area contributed by atoms with Gasteiger partial charge in [-0.05, 0) is 91.2 Å². The zero-order valence-electron chi connectivity index (χ0n) is 25.9. The molecule has 2 aromatic carbocycles. The average Bonchev–Trinajstić information content (AvgIpc) is 3.74. The van der Waals surface area contributed by atoms with E-state index in [4.69, 9.17) is 9.47 Å². The fourth-order valence-corrected chi connectivity index (χ4v) is 5.77. The predicted octanol–water partition coefficient (Wildman–Crippen LogP) is 3.81. The molecule has 1 amide bonds. The molecule has 2 aliphatic heterocycles. The van der Waals surface area contributed by atoms with E-state index in [1.807, 2.05) is 53.4 Å². The highest BCUT2D eigenvalue weighted by Crippen LogP contribution is 2.26. The number of hydrogen-bond acceptors (Lipinski definition) is 10. The summed E-state index contributed by atoms with van der Waals surface area (Å²) < 4.78 is 14.2. The topological polar surface area (TPSA) is 138 Å². The number of rotatable bonds is 9. The van der Waals surface area contributed by atoms with Crippen molar-refractivity contribution in [2.45, 2.75) is 52.2 Å². The molecule has 4 heterocycles. The van der Waals surface area contributed by atoms with Crippen LogP contribution in [-0.4, -0.2) is 91.6 Å². The van der Waals surface area contributed by atoms with Gasteiger partial charge in [0.25, 0.3) is 0 Å². The fourth-order valence-electron chi connectivity index (χ4n) is 5.41. The summed E-state index contributed by atoms with van der Waals surface area (Å²) in [4.78, 5) is 40.2. The van der Waals surface area contributed by atoms with Crippen LogP contribution in [0.3, 0.4) is 0 Å². The number of fused-ring (bicyclic) bond motifs is 1. The van der Waals surface area contributed by atoms with Gasteiger partial charge in [0.15, 0.2) is 11.4 Å². The molecule has 0 N–H and O–H groups in total. The molecule has 2 saturated heterocycles. The Morgan fingerprint density at radius 3 is 1.87 bits per heavy atom. The van der Waals surface area contributed by atoms with Crippen LogP contribution >= 0.6 is 22.6 Å². The molecule has 242 valence electrons. The summed E-state index contributed by atoms with van der Waals surface area (Å²) in [5, 5.41) is 15.5. The third kappa shape index (κ3) is 8.54. The first-order chi connectivity index (χ1) is 22.3. The Balaban J connectivity index is 0.000000200. The molecule has 14 heteroatoms. The summed E-state index contributed by atoms with van der Waals surface area (Å²) in [5.41, 5.74) is 3.50. The van der Waals surface area contributed by atoms with Crippen LogP contribution in [-0.2, 0) is 27.4 Å². The highest BCUT2D eigenvalue weighted by Gasteiger charge is 2.36. The molecular weight excluding hydrogens is 703 g/mol. The van der Waals surface area contributed by atoms with Crippen LogP contribution in [0.15, 0.2) is 60.9 Å². The second kappa shape index (κ2) is 15.9. The Morgan fingerprint density at radius 2 is 1.33 bits per heavy atom. The lowest BCUT2D eigenvalue weighted by atomic mass is 9.98. The van der Waals surface area contributed by atoms with Gasteiger partial charge in [0.05, 0.1) is 44.7 Å². The van der Waals surface area contributed by atoms with E-state index in [9.17, 15) is 14.4 Å². The summed E-state index contributed by atoms with van der Waals surface area (Å²) in [6, 6.07) is 16.1. The Kier molecular flexibility index (Phi) is 11.5. The molecule has 1 atom stereocenters. The number of carbonyl (C=O) groups excluding carboxylic acids is 3. The minimum absolute atomic E-state index is 0.0404. The van der Waals surface area contributed by atoms with Crippen LogP contribution < -0.4 is 4.90 Å². The van der Waals surface area contributed by atoms with Crippen LogP contribution in [0, 0.1) is 3.57 Å². The van der Waals surface area contributed by atoms with Crippen LogP contribution in [0.5, 0.6) is 0 Å². The molecule has 1 unspecified atom stereocenters. The van der Waals surface area contributed by atoms with Gasteiger partial charge >= 0.3 is 11.9 Å². The number of aromatic nitrogens is 6. The summed E-state index contributed by atoms with van der Waals surface area (Å²) >= 11 is 2.25. The maximum atomic E-state index is 12.9. The SMILES string of the molecule is CCOC(=O)c1cn(Cc2ccc(I)cc2)nn1.CCOC(=O)c1cn(Cc2ccc(N3CCN4CCCCC4C3=O)cc2)nn1. The number of ether oxygens (including phenoxy) is 2. The predicted molar refractivity (Wildman–Crippen MR) is 177 cm³/mol. The van der Waals surface area contributed by atoms with Gasteiger partial charge in [0, 0.05) is 22.3 Å². The molecule has 0 bridgehead atoms. The van der Waals surface area contributed by atoms with Gasteiger partial charge < -0.3 is 14.4 Å². The van der Waals surface area contributed by atoms with E-state index in [1.54, 1.807) is 35.6 Å². The molecule has 46 heavy (non-hydrogen) atoms. The number of amides is 1. The Morgan fingerprint density at radius 1 is 0.783 bits per heavy atom. The van der Waals surface area contributed by atoms with Crippen molar-refractivity contribution < 1.29 is 23.9 Å². The van der Waals surface area contributed by atoms with E-state index in [0.29, 0.717) is 26.3 Å². The molecule has 2 aromatic heterocycles. The lowest BCUT2D eigenvalue weighted by Crippen LogP contribution is -2.58. The van der Waals surface area contributed by atoms with Gasteiger partial charge in [-0.15, -0.1) is 10.2 Å². The van der Waals surface area contributed by atoms with E-state index < -0.39 is 11.9 Å². The molecule has 0 saturated carbocycles. The standard InChI is InChI=1S/C20H25N5O3.C12H12IN3O2/c1-2-28-20(27)17-14-24(22-21-17)13-15-6-8-16(9-7-15)25-12-11-23-10-4-3-5-18(23)19(25)26;1-2-18-12(17)11-8-16(15-14-11)7-9-3-5-10(13)6-4-9/h6-9,14,18H,2-5,10-13H2,1H3;3-6,8H,2,7H2,1H3. The van der Waals surface area contributed by atoms with Crippen molar-refractivity contribution in [1.29, 1.82) is 0 Å². The van der Waals surface area contributed by atoms with Gasteiger partial charge in [-0.2, -0.15) is 0 Å². The maximum Gasteiger partial charge on any atom is 0.360 e. The molecule has 4 aromatic rings. The van der Waals surface area contributed by atoms with Crippen molar-refractivity contribution in [2.75, 3.05) is 37.7 Å². The number of esters is 2. The molecule has 0 aliphatic carbocycles. The Labute approximate surface area is 281 Å². The van der Waals surface area contributed by atoms with Gasteiger partial charge in [-0.25, -0.2) is 19.0 Å². The van der Waals surface area contributed by atoms with E-state index >= 15 is 0 Å². The summed E-state index contributed by atoms with van der Waals surface area (Å²) in [6.07, 6.45) is 6.46. The number of hydrogen-bond donors (Lipinski definition) is 0. The van der Waals surface area contributed by atoms with Gasteiger partial charge in [0.2, 0.25) is 5.91 Å². The molecule has 0 spiro atoms. The molecule has 6 rings (SSSR count). The number of halogens is 1. The molecular formula is C32H37IN8O5. The average molecular weight is 741 g/mol. The van der Waals surface area contributed by atoms with E-state index in [-0.39, 0.29) is 23.3 Å². The van der Waals surface area contributed by atoms with Crippen molar-refractivity contribution in [3.05, 3.63) is 87.0 Å². The number of piperazine rings is 1. The highest BCUT2D eigenvalue weighted by molar-refractivity contribution is 14.1. The second-order valence-corrected chi connectivity index (χ2v) is 12.1. The number of anilines is 1. The van der Waals surface area contributed by atoms with Crippen LogP contribution in [0.25, 0.3) is 0 Å². The van der Waals surface area contributed by atoms with E-state index in [0.717, 1.165) is 49.3 Å². The molecule has 0 radical (unpaired) electrons. The molecule has 13 nitrogen and oxygen atoms in total. The highest BCUT2D eigenvalue weighted by atomic mass is 127. The first-order valence-corrected chi connectivity index (χ1v) is 16.5. The third-order valence-corrected chi connectivity index (χ3v) is 8.39. The second-order valence-electron chi connectivity index (χ2n) is 10.9. The molecule has 2 fully saturated rings. The maximum absolute atomic E-state index is 12.9. The summed E-state index contributed by atoms with van der Waals surface area (Å²) in [5.74, 6) is -0.690. The van der Waals surface area contributed by atoms with E-state index in [1.165, 1.54) is 9.99 Å². The third-order valence-electron chi connectivity index (χ3n) is 7.67. The largest absolute Gasteiger partial charge is 0.461 e. The number of carbonyl (C=O) groups is 3. The zero-order chi connectivity index (χ0) is 32.5. The lowest BCUT2D eigenvalue weighted by Gasteiger charge is -2.43. The van der Waals surface area contributed by atoms with E-state index in [2.05, 4.69) is 48.1 Å².